The van der Waals surface area contributed by atoms with Crippen molar-refractivity contribution in [3.05, 3.63) is 28.8 Å². The third kappa shape index (κ3) is 3.12. The fourth-order valence-electron chi connectivity index (χ4n) is 3.60. The molecule has 2 rings (SSSR count). The van der Waals surface area contributed by atoms with Crippen molar-refractivity contribution in [1.29, 1.82) is 0 Å². The molecule has 20 heavy (non-hydrogen) atoms. The Hall–Kier alpha value is -0.730. The molecule has 2 atom stereocenters. The minimum atomic E-state index is 0.309. The van der Waals surface area contributed by atoms with Crippen LogP contribution in [-0.2, 0) is 0 Å². The number of nitrogens with one attached hydrogen (secondary N) is 1. The van der Waals surface area contributed by atoms with Gasteiger partial charge in [-0.05, 0) is 48.9 Å². The van der Waals surface area contributed by atoms with Gasteiger partial charge in [0.1, 0.15) is 5.75 Å². The lowest BCUT2D eigenvalue weighted by Crippen LogP contribution is -2.38. The lowest BCUT2D eigenvalue weighted by Gasteiger charge is -2.43. The van der Waals surface area contributed by atoms with Crippen LogP contribution in [0.25, 0.3) is 0 Å². The van der Waals surface area contributed by atoms with E-state index in [0.717, 1.165) is 10.8 Å². The fraction of sp³-hybridized carbons (Fsp3) is 0.647. The van der Waals surface area contributed by atoms with E-state index in [0.29, 0.717) is 17.4 Å². The van der Waals surface area contributed by atoms with Crippen molar-refractivity contribution in [1.82, 2.24) is 5.32 Å². The largest absolute Gasteiger partial charge is 0.497 e. The van der Waals surface area contributed by atoms with E-state index in [4.69, 9.17) is 16.3 Å². The number of hydrogen-bond acceptors (Lipinski definition) is 2. The highest BCUT2D eigenvalue weighted by Crippen LogP contribution is 2.47. The Bertz CT molecular complexity index is 458. The zero-order valence-corrected chi connectivity index (χ0v) is 13.8. The highest BCUT2D eigenvalue weighted by atomic mass is 35.5. The molecule has 1 fully saturated rings. The first-order valence-electron chi connectivity index (χ1n) is 7.50. The summed E-state index contributed by atoms with van der Waals surface area (Å²) in [6.07, 6.45) is 5.22. The predicted molar refractivity (Wildman–Crippen MR) is 85.5 cm³/mol. The van der Waals surface area contributed by atoms with Crippen LogP contribution in [0.2, 0.25) is 5.02 Å². The number of halogens is 1. The Kier molecular flexibility index (Phi) is 4.98. The number of methoxy groups -OCH3 is 1. The Balaban J connectivity index is 2.32. The minimum Gasteiger partial charge on any atom is -0.497 e. The zero-order chi connectivity index (χ0) is 14.8. The molecule has 0 amide bonds. The normalized spacial score (nSPS) is 23.4. The third-order valence-electron chi connectivity index (χ3n) is 4.85. The third-order valence-corrected chi connectivity index (χ3v) is 5.17. The van der Waals surface area contributed by atoms with Gasteiger partial charge in [-0.25, -0.2) is 0 Å². The number of rotatable bonds is 4. The van der Waals surface area contributed by atoms with E-state index in [9.17, 15) is 0 Å². The van der Waals surface area contributed by atoms with E-state index in [1.807, 2.05) is 19.2 Å². The van der Waals surface area contributed by atoms with Crippen molar-refractivity contribution < 1.29 is 4.74 Å². The second-order valence-corrected chi connectivity index (χ2v) is 6.90. The molecule has 0 aliphatic heterocycles. The molecular weight excluding hydrogens is 270 g/mol. The Morgan fingerprint density at radius 2 is 2.10 bits per heavy atom. The molecule has 0 saturated heterocycles. The van der Waals surface area contributed by atoms with Gasteiger partial charge in [0.25, 0.3) is 0 Å². The molecule has 0 spiro atoms. The SMILES string of the molecule is CNC(c1ccc(OC)cc1Cl)C1CCCCC1(C)C. The minimum absolute atomic E-state index is 0.309. The number of hydrogen-bond donors (Lipinski definition) is 1. The Morgan fingerprint density at radius 3 is 2.65 bits per heavy atom. The summed E-state index contributed by atoms with van der Waals surface area (Å²) in [6.45, 7) is 4.77. The van der Waals surface area contributed by atoms with Crippen molar-refractivity contribution in [3.63, 3.8) is 0 Å². The van der Waals surface area contributed by atoms with Crippen LogP contribution < -0.4 is 10.1 Å². The Morgan fingerprint density at radius 1 is 1.35 bits per heavy atom. The van der Waals surface area contributed by atoms with Gasteiger partial charge in [-0.15, -0.1) is 0 Å². The van der Waals surface area contributed by atoms with E-state index in [-0.39, 0.29) is 0 Å². The molecule has 1 aliphatic rings. The summed E-state index contributed by atoms with van der Waals surface area (Å²) < 4.78 is 5.24. The van der Waals surface area contributed by atoms with Crippen molar-refractivity contribution in [2.24, 2.45) is 11.3 Å². The molecule has 3 heteroatoms. The quantitative estimate of drug-likeness (QED) is 0.859. The summed E-state index contributed by atoms with van der Waals surface area (Å²) >= 11 is 6.47. The standard InChI is InChI=1S/C17H26ClNO/c1-17(2)10-6-5-7-14(17)16(19-3)13-9-8-12(20-4)11-15(13)18/h8-9,11,14,16,19H,5-7,10H2,1-4H3. The molecule has 0 bridgehead atoms. The van der Waals surface area contributed by atoms with Crippen LogP contribution in [0.4, 0.5) is 0 Å². The lowest BCUT2D eigenvalue weighted by atomic mass is 9.65. The second kappa shape index (κ2) is 6.36. The molecule has 0 radical (unpaired) electrons. The van der Waals surface area contributed by atoms with Crippen molar-refractivity contribution in [3.8, 4) is 5.75 Å². The summed E-state index contributed by atoms with van der Waals surface area (Å²) in [5.74, 6) is 1.43. The van der Waals surface area contributed by atoms with Crippen LogP contribution in [0.3, 0.4) is 0 Å². The monoisotopic (exact) mass is 295 g/mol. The van der Waals surface area contributed by atoms with Crippen molar-refractivity contribution in [2.45, 2.75) is 45.6 Å². The molecule has 1 aromatic rings. The second-order valence-electron chi connectivity index (χ2n) is 6.49. The van der Waals surface area contributed by atoms with Crippen LogP contribution >= 0.6 is 11.6 Å². The summed E-state index contributed by atoms with van der Waals surface area (Å²) in [4.78, 5) is 0. The van der Waals surface area contributed by atoms with Gasteiger partial charge in [-0.2, -0.15) is 0 Å². The average molecular weight is 296 g/mol. The molecule has 2 nitrogen and oxygen atoms in total. The Labute approximate surface area is 127 Å². The lowest BCUT2D eigenvalue weighted by molar-refractivity contribution is 0.101. The number of benzene rings is 1. The summed E-state index contributed by atoms with van der Waals surface area (Å²) in [6, 6.07) is 6.33. The summed E-state index contributed by atoms with van der Waals surface area (Å²) in [5.41, 5.74) is 1.55. The first-order valence-corrected chi connectivity index (χ1v) is 7.88. The van der Waals surface area contributed by atoms with Gasteiger partial charge in [0, 0.05) is 11.1 Å². The van der Waals surface area contributed by atoms with E-state index in [2.05, 4.69) is 25.2 Å². The highest BCUT2D eigenvalue weighted by Gasteiger charge is 2.38. The number of ether oxygens (including phenoxy) is 1. The van der Waals surface area contributed by atoms with Crippen LogP contribution in [0.15, 0.2) is 18.2 Å². The fourth-order valence-corrected chi connectivity index (χ4v) is 3.89. The smallest absolute Gasteiger partial charge is 0.120 e. The van der Waals surface area contributed by atoms with Gasteiger partial charge in [0.05, 0.1) is 7.11 Å². The topological polar surface area (TPSA) is 21.3 Å². The maximum atomic E-state index is 6.47. The van der Waals surface area contributed by atoms with Crippen LogP contribution in [-0.4, -0.2) is 14.2 Å². The van der Waals surface area contributed by atoms with Gasteiger partial charge in [-0.1, -0.05) is 44.4 Å². The average Bonchev–Trinajstić information content (AvgIpc) is 2.42. The predicted octanol–water partition coefficient (Wildman–Crippen LogP) is 4.83. The van der Waals surface area contributed by atoms with E-state index in [1.165, 1.54) is 31.2 Å². The van der Waals surface area contributed by atoms with Gasteiger partial charge in [0.15, 0.2) is 0 Å². The molecule has 1 saturated carbocycles. The van der Waals surface area contributed by atoms with E-state index in [1.54, 1.807) is 7.11 Å². The molecule has 0 aromatic heterocycles. The molecule has 1 N–H and O–H groups in total. The summed E-state index contributed by atoms with van der Waals surface area (Å²) in [5, 5.41) is 4.29. The van der Waals surface area contributed by atoms with Gasteiger partial charge >= 0.3 is 0 Å². The molecule has 2 unspecified atom stereocenters. The maximum Gasteiger partial charge on any atom is 0.120 e. The molecule has 1 aromatic carbocycles. The van der Waals surface area contributed by atoms with E-state index < -0.39 is 0 Å². The van der Waals surface area contributed by atoms with Crippen molar-refractivity contribution in [2.75, 3.05) is 14.2 Å². The van der Waals surface area contributed by atoms with E-state index >= 15 is 0 Å². The first kappa shape index (κ1) is 15.7. The van der Waals surface area contributed by atoms with Gasteiger partial charge < -0.3 is 10.1 Å². The molecule has 112 valence electrons. The van der Waals surface area contributed by atoms with Crippen molar-refractivity contribution >= 4 is 11.6 Å². The maximum absolute atomic E-state index is 6.47. The summed E-state index contributed by atoms with van der Waals surface area (Å²) in [7, 11) is 3.71. The highest BCUT2D eigenvalue weighted by molar-refractivity contribution is 6.31. The van der Waals surface area contributed by atoms with Gasteiger partial charge in [0.2, 0.25) is 0 Å². The molecule has 0 heterocycles. The van der Waals surface area contributed by atoms with Gasteiger partial charge in [-0.3, -0.25) is 0 Å². The molecular formula is C17H26ClNO. The zero-order valence-electron chi connectivity index (χ0n) is 13.0. The van der Waals surface area contributed by atoms with Crippen LogP contribution in [0, 0.1) is 11.3 Å². The first-order chi connectivity index (χ1) is 9.49. The van der Waals surface area contributed by atoms with Crippen LogP contribution in [0.5, 0.6) is 5.75 Å². The molecule has 1 aliphatic carbocycles. The van der Waals surface area contributed by atoms with Crippen LogP contribution in [0.1, 0.15) is 51.1 Å².